The third kappa shape index (κ3) is 1.87. The van der Waals surface area contributed by atoms with Crippen molar-refractivity contribution in [2.24, 2.45) is 11.3 Å². The van der Waals surface area contributed by atoms with E-state index >= 15 is 0 Å². The summed E-state index contributed by atoms with van der Waals surface area (Å²) >= 11 is 1.43. The molecule has 0 amide bonds. The van der Waals surface area contributed by atoms with Gasteiger partial charge in [0, 0.05) is 12.5 Å². The van der Waals surface area contributed by atoms with Gasteiger partial charge in [0.1, 0.15) is 6.10 Å². The lowest BCUT2D eigenvalue weighted by Gasteiger charge is -2.23. The molecule has 4 rings (SSSR count). The van der Waals surface area contributed by atoms with E-state index in [1.807, 2.05) is 10.8 Å². The fourth-order valence-electron chi connectivity index (χ4n) is 3.93. The van der Waals surface area contributed by atoms with Crippen LogP contribution in [0.25, 0.3) is 11.2 Å². The SMILES string of the molecule is CNc1nc(SC)nc2c1ncn2C1C(O)C(O)[C@@]2(CO)CC12. The molecule has 2 heterocycles. The Morgan fingerprint density at radius 3 is 2.83 bits per heavy atom. The average molecular weight is 337 g/mol. The lowest BCUT2D eigenvalue weighted by atomic mass is 10.0. The summed E-state index contributed by atoms with van der Waals surface area (Å²) in [4.78, 5) is 13.3. The first-order chi connectivity index (χ1) is 11.1. The maximum absolute atomic E-state index is 10.5. The van der Waals surface area contributed by atoms with Crippen molar-refractivity contribution in [3.05, 3.63) is 6.33 Å². The van der Waals surface area contributed by atoms with Gasteiger partial charge >= 0.3 is 0 Å². The predicted molar refractivity (Wildman–Crippen MR) is 85.3 cm³/mol. The van der Waals surface area contributed by atoms with Crippen molar-refractivity contribution in [1.82, 2.24) is 19.5 Å². The molecule has 5 atom stereocenters. The van der Waals surface area contributed by atoms with Gasteiger partial charge in [-0.15, -0.1) is 0 Å². The Labute approximate surface area is 137 Å². The summed E-state index contributed by atoms with van der Waals surface area (Å²) < 4.78 is 1.82. The normalized spacial score (nSPS) is 35.5. The Morgan fingerprint density at radius 2 is 2.22 bits per heavy atom. The number of thioether (sulfide) groups is 1. The van der Waals surface area contributed by atoms with E-state index in [2.05, 4.69) is 20.3 Å². The average Bonchev–Trinajstić information content (AvgIpc) is 3.10. The number of aliphatic hydroxyl groups is 3. The predicted octanol–water partition coefficient (Wildman–Crippen LogP) is -0.135. The van der Waals surface area contributed by atoms with Crippen molar-refractivity contribution in [3.63, 3.8) is 0 Å². The van der Waals surface area contributed by atoms with Crippen molar-refractivity contribution in [1.29, 1.82) is 0 Å². The molecule has 9 heteroatoms. The smallest absolute Gasteiger partial charge is 0.191 e. The Kier molecular flexibility index (Phi) is 3.31. The van der Waals surface area contributed by atoms with Gasteiger partial charge in [-0.05, 0) is 18.6 Å². The van der Waals surface area contributed by atoms with Crippen molar-refractivity contribution in [2.75, 3.05) is 25.2 Å². The summed E-state index contributed by atoms with van der Waals surface area (Å²) in [6.07, 6.45) is 2.37. The molecule has 2 aliphatic carbocycles. The van der Waals surface area contributed by atoms with Gasteiger partial charge in [-0.1, -0.05) is 11.8 Å². The molecule has 0 saturated heterocycles. The second-order valence-electron chi connectivity index (χ2n) is 6.26. The molecular formula is C14H19N5O3S. The molecule has 2 aromatic rings. The van der Waals surface area contributed by atoms with Crippen LogP contribution in [0.3, 0.4) is 0 Å². The van der Waals surface area contributed by atoms with Crippen LogP contribution in [0.1, 0.15) is 12.5 Å². The molecule has 0 aliphatic heterocycles. The van der Waals surface area contributed by atoms with Crippen molar-refractivity contribution in [3.8, 4) is 0 Å². The van der Waals surface area contributed by atoms with Crippen LogP contribution in [-0.2, 0) is 0 Å². The summed E-state index contributed by atoms with van der Waals surface area (Å²) in [6.45, 7) is -0.119. The second kappa shape index (κ2) is 5.04. The Bertz CT molecular complexity index is 768. The number of nitrogens with one attached hydrogen (secondary N) is 1. The largest absolute Gasteiger partial charge is 0.396 e. The zero-order valence-electron chi connectivity index (χ0n) is 12.8. The Balaban J connectivity index is 1.84. The van der Waals surface area contributed by atoms with Crippen LogP contribution in [-0.4, -0.2) is 67.0 Å². The highest BCUT2D eigenvalue weighted by Crippen LogP contribution is 2.67. The van der Waals surface area contributed by atoms with Crippen molar-refractivity contribution in [2.45, 2.75) is 29.8 Å². The van der Waals surface area contributed by atoms with Gasteiger partial charge in [0.25, 0.3) is 0 Å². The number of imidazole rings is 1. The summed E-state index contributed by atoms with van der Waals surface area (Å²) in [7, 11) is 1.77. The highest BCUT2D eigenvalue weighted by Gasteiger charge is 2.71. The summed E-state index contributed by atoms with van der Waals surface area (Å²) in [6, 6.07) is -0.337. The minimum absolute atomic E-state index is 0.0284. The fourth-order valence-corrected chi connectivity index (χ4v) is 4.29. The molecule has 2 aliphatic rings. The minimum atomic E-state index is -0.941. The van der Waals surface area contributed by atoms with Crippen LogP contribution in [0.2, 0.25) is 0 Å². The van der Waals surface area contributed by atoms with Gasteiger partial charge in [0.2, 0.25) is 0 Å². The van der Waals surface area contributed by atoms with E-state index < -0.39 is 17.6 Å². The van der Waals surface area contributed by atoms with E-state index in [9.17, 15) is 15.3 Å². The third-order valence-corrected chi connectivity index (χ3v) is 5.84. The van der Waals surface area contributed by atoms with E-state index in [1.54, 1.807) is 13.4 Å². The fraction of sp³-hybridized carbons (Fsp3) is 0.643. The lowest BCUT2D eigenvalue weighted by molar-refractivity contribution is -0.0300. The molecule has 2 saturated carbocycles. The lowest BCUT2D eigenvalue weighted by Crippen LogP contribution is -2.35. The van der Waals surface area contributed by atoms with Gasteiger partial charge < -0.3 is 25.2 Å². The number of hydrogen-bond donors (Lipinski definition) is 4. The van der Waals surface area contributed by atoms with Crippen LogP contribution in [0, 0.1) is 11.3 Å². The molecule has 124 valence electrons. The number of aromatic nitrogens is 4. The Hall–Kier alpha value is -1.42. The molecule has 0 spiro atoms. The highest BCUT2D eigenvalue weighted by atomic mass is 32.2. The van der Waals surface area contributed by atoms with Crippen molar-refractivity contribution >= 4 is 28.7 Å². The van der Waals surface area contributed by atoms with E-state index in [1.165, 1.54) is 11.8 Å². The molecule has 0 bridgehead atoms. The van der Waals surface area contributed by atoms with Crippen LogP contribution < -0.4 is 5.32 Å². The first kappa shape index (κ1) is 15.1. The number of rotatable bonds is 4. The summed E-state index contributed by atoms with van der Waals surface area (Å²) in [5.41, 5.74) is 0.682. The third-order valence-electron chi connectivity index (χ3n) is 5.29. The van der Waals surface area contributed by atoms with Crippen molar-refractivity contribution < 1.29 is 15.3 Å². The minimum Gasteiger partial charge on any atom is -0.396 e. The molecule has 0 radical (unpaired) electrons. The van der Waals surface area contributed by atoms with Gasteiger partial charge in [-0.3, -0.25) is 0 Å². The Morgan fingerprint density at radius 1 is 1.43 bits per heavy atom. The first-order valence-corrected chi connectivity index (χ1v) is 8.73. The maximum Gasteiger partial charge on any atom is 0.191 e. The van der Waals surface area contributed by atoms with Gasteiger partial charge in [-0.2, -0.15) is 0 Å². The van der Waals surface area contributed by atoms with E-state index in [0.717, 1.165) is 0 Å². The van der Waals surface area contributed by atoms with Gasteiger partial charge in [0.15, 0.2) is 22.1 Å². The number of anilines is 1. The van der Waals surface area contributed by atoms with Crippen LogP contribution >= 0.6 is 11.8 Å². The topological polar surface area (TPSA) is 116 Å². The monoisotopic (exact) mass is 337 g/mol. The van der Waals surface area contributed by atoms with Gasteiger partial charge in [0.05, 0.1) is 25.1 Å². The van der Waals surface area contributed by atoms with Crippen LogP contribution in [0.5, 0.6) is 0 Å². The molecule has 8 nitrogen and oxygen atoms in total. The summed E-state index contributed by atoms with van der Waals surface area (Å²) in [5.74, 6) is 0.663. The molecule has 4 N–H and O–H groups in total. The van der Waals surface area contributed by atoms with E-state index in [4.69, 9.17) is 0 Å². The zero-order valence-corrected chi connectivity index (χ0v) is 13.7. The van der Waals surface area contributed by atoms with Crippen LogP contribution in [0.4, 0.5) is 5.82 Å². The molecule has 23 heavy (non-hydrogen) atoms. The number of nitrogens with zero attached hydrogens (tertiary/aromatic N) is 4. The number of fused-ring (bicyclic) bond motifs is 2. The number of aliphatic hydroxyl groups excluding tert-OH is 3. The maximum atomic E-state index is 10.5. The van der Waals surface area contributed by atoms with E-state index in [0.29, 0.717) is 28.6 Å². The van der Waals surface area contributed by atoms with Gasteiger partial charge in [-0.25, -0.2) is 15.0 Å². The second-order valence-corrected chi connectivity index (χ2v) is 7.03. The molecule has 0 aromatic carbocycles. The molecule has 2 aromatic heterocycles. The van der Waals surface area contributed by atoms with E-state index in [-0.39, 0.29) is 18.6 Å². The molecule has 2 fully saturated rings. The first-order valence-electron chi connectivity index (χ1n) is 7.50. The highest BCUT2D eigenvalue weighted by molar-refractivity contribution is 7.98. The standard InChI is InChI=1S/C14H19N5O3S/c1-15-11-7-12(18-13(17-11)23-2)19(5-16-7)8-6-3-14(6,4-20)10(22)9(8)21/h5-6,8-10,20-22H,3-4H2,1-2H3,(H,15,17,18)/t6?,8?,9?,10?,14-/m1/s1. The summed E-state index contributed by atoms with van der Waals surface area (Å²) in [5, 5.41) is 34.0. The molecular weight excluding hydrogens is 318 g/mol. The van der Waals surface area contributed by atoms with Crippen LogP contribution in [0.15, 0.2) is 11.5 Å². The zero-order chi connectivity index (χ0) is 16.4. The number of hydrogen-bond acceptors (Lipinski definition) is 8. The quantitative estimate of drug-likeness (QED) is 0.450. The molecule has 4 unspecified atom stereocenters.